The maximum Gasteiger partial charge on any atom is 0.291 e. The third-order valence-electron chi connectivity index (χ3n) is 3.71. The predicted octanol–water partition coefficient (Wildman–Crippen LogP) is 5.25. The standard InChI is InChI=1S/C19H13IN2O3/c1-11-5-6-14-16(9-11)25-19(22-14)12-3-2-4-13(10-12)21-18(23)15-7-8-17(20)24-15/h2-10H,1H3,(H,21,23). The van der Waals surface area contributed by atoms with Gasteiger partial charge >= 0.3 is 0 Å². The van der Waals surface area contributed by atoms with Crippen LogP contribution >= 0.6 is 22.6 Å². The summed E-state index contributed by atoms with van der Waals surface area (Å²) >= 11 is 2.02. The van der Waals surface area contributed by atoms with Crippen molar-refractivity contribution in [3.05, 3.63) is 69.7 Å². The average Bonchev–Trinajstić information content (AvgIpc) is 3.21. The molecule has 0 aliphatic heterocycles. The van der Waals surface area contributed by atoms with E-state index in [-0.39, 0.29) is 11.7 Å². The lowest BCUT2D eigenvalue weighted by atomic mass is 10.2. The number of halogens is 1. The Bertz CT molecular complexity index is 1080. The first-order valence-electron chi connectivity index (χ1n) is 7.63. The third-order valence-corrected chi connectivity index (χ3v) is 4.29. The molecule has 0 fully saturated rings. The van der Waals surface area contributed by atoms with Gasteiger partial charge in [-0.2, -0.15) is 0 Å². The van der Waals surface area contributed by atoms with E-state index in [4.69, 9.17) is 8.83 Å². The van der Waals surface area contributed by atoms with Gasteiger partial charge in [-0.3, -0.25) is 4.79 Å². The topological polar surface area (TPSA) is 68.3 Å². The van der Waals surface area contributed by atoms with Crippen molar-refractivity contribution in [3.63, 3.8) is 0 Å². The molecule has 0 radical (unpaired) electrons. The van der Waals surface area contributed by atoms with Crippen LogP contribution in [0.15, 0.2) is 63.4 Å². The van der Waals surface area contributed by atoms with E-state index in [1.165, 1.54) is 0 Å². The molecule has 25 heavy (non-hydrogen) atoms. The van der Waals surface area contributed by atoms with Gasteiger partial charge in [0, 0.05) is 11.3 Å². The van der Waals surface area contributed by atoms with E-state index < -0.39 is 0 Å². The highest BCUT2D eigenvalue weighted by molar-refractivity contribution is 14.1. The molecule has 0 aliphatic carbocycles. The Hall–Kier alpha value is -2.61. The van der Waals surface area contributed by atoms with Crippen LogP contribution < -0.4 is 5.32 Å². The van der Waals surface area contributed by atoms with E-state index in [2.05, 4.69) is 10.3 Å². The lowest BCUT2D eigenvalue weighted by molar-refractivity contribution is 0.0995. The van der Waals surface area contributed by atoms with Crippen molar-refractivity contribution in [3.8, 4) is 11.5 Å². The molecule has 1 N–H and O–H groups in total. The first-order valence-corrected chi connectivity index (χ1v) is 8.71. The first-order chi connectivity index (χ1) is 12.1. The van der Waals surface area contributed by atoms with Crippen LogP contribution in [-0.2, 0) is 0 Å². The number of rotatable bonds is 3. The molecule has 0 unspecified atom stereocenters. The van der Waals surface area contributed by atoms with Crippen LogP contribution in [0.4, 0.5) is 5.69 Å². The largest absolute Gasteiger partial charge is 0.445 e. The third kappa shape index (κ3) is 3.30. The van der Waals surface area contributed by atoms with E-state index in [1.807, 2.05) is 72.0 Å². The summed E-state index contributed by atoms with van der Waals surface area (Å²) < 4.78 is 11.8. The van der Waals surface area contributed by atoms with Crippen molar-refractivity contribution >= 4 is 45.3 Å². The zero-order valence-corrected chi connectivity index (χ0v) is 15.4. The van der Waals surface area contributed by atoms with Gasteiger partial charge < -0.3 is 14.2 Å². The maximum absolute atomic E-state index is 12.2. The second kappa shape index (κ2) is 6.36. The molecule has 0 bridgehead atoms. The highest BCUT2D eigenvalue weighted by atomic mass is 127. The normalized spacial score (nSPS) is 11.0. The minimum atomic E-state index is -0.298. The SMILES string of the molecule is Cc1ccc2nc(-c3cccc(NC(=O)c4ccc(I)o4)c3)oc2c1. The zero-order valence-electron chi connectivity index (χ0n) is 13.2. The number of carbonyl (C=O) groups is 1. The minimum Gasteiger partial charge on any atom is -0.445 e. The van der Waals surface area contributed by atoms with E-state index in [0.29, 0.717) is 15.3 Å². The monoisotopic (exact) mass is 444 g/mol. The Morgan fingerprint density at radius 1 is 1.08 bits per heavy atom. The van der Waals surface area contributed by atoms with Crippen LogP contribution in [0.1, 0.15) is 16.1 Å². The second-order valence-electron chi connectivity index (χ2n) is 5.63. The fourth-order valence-electron chi connectivity index (χ4n) is 2.51. The Balaban J connectivity index is 1.63. The smallest absolute Gasteiger partial charge is 0.291 e. The summed E-state index contributed by atoms with van der Waals surface area (Å²) in [6, 6.07) is 16.6. The van der Waals surface area contributed by atoms with Crippen LogP contribution in [0.25, 0.3) is 22.6 Å². The highest BCUT2D eigenvalue weighted by Crippen LogP contribution is 2.27. The molecule has 4 rings (SSSR count). The number of amides is 1. The van der Waals surface area contributed by atoms with Crippen molar-refractivity contribution < 1.29 is 13.6 Å². The Kier molecular flexibility index (Phi) is 4.04. The molecule has 2 aromatic carbocycles. The number of anilines is 1. The summed E-state index contributed by atoms with van der Waals surface area (Å²) in [5.74, 6) is 0.490. The summed E-state index contributed by atoms with van der Waals surface area (Å²) in [6.45, 7) is 2.01. The number of aromatic nitrogens is 1. The second-order valence-corrected chi connectivity index (χ2v) is 6.69. The lowest BCUT2D eigenvalue weighted by Gasteiger charge is -2.04. The Morgan fingerprint density at radius 2 is 1.96 bits per heavy atom. The summed E-state index contributed by atoms with van der Waals surface area (Å²) in [4.78, 5) is 16.7. The molecule has 2 aromatic heterocycles. The van der Waals surface area contributed by atoms with Gasteiger partial charge in [0.25, 0.3) is 5.91 Å². The highest BCUT2D eigenvalue weighted by Gasteiger charge is 2.13. The van der Waals surface area contributed by atoms with Gasteiger partial charge in [0.1, 0.15) is 5.52 Å². The lowest BCUT2D eigenvalue weighted by Crippen LogP contribution is -2.10. The van der Waals surface area contributed by atoms with E-state index in [9.17, 15) is 4.79 Å². The Labute approximate surface area is 157 Å². The van der Waals surface area contributed by atoms with Gasteiger partial charge in [-0.05, 0) is 77.5 Å². The molecule has 1 amide bonds. The summed E-state index contributed by atoms with van der Waals surface area (Å²) in [5, 5.41) is 2.82. The van der Waals surface area contributed by atoms with Gasteiger partial charge in [-0.1, -0.05) is 12.1 Å². The zero-order chi connectivity index (χ0) is 17.4. The van der Waals surface area contributed by atoms with Gasteiger partial charge in [0.2, 0.25) is 5.89 Å². The summed E-state index contributed by atoms with van der Waals surface area (Å²) in [7, 11) is 0. The van der Waals surface area contributed by atoms with E-state index in [0.717, 1.165) is 22.2 Å². The van der Waals surface area contributed by atoms with E-state index in [1.54, 1.807) is 12.1 Å². The average molecular weight is 444 g/mol. The number of nitrogens with zero attached hydrogens (tertiary/aromatic N) is 1. The number of hydrogen-bond acceptors (Lipinski definition) is 4. The number of nitrogens with one attached hydrogen (secondary N) is 1. The molecule has 0 saturated carbocycles. The van der Waals surface area contributed by atoms with E-state index >= 15 is 0 Å². The number of aryl methyl sites for hydroxylation is 1. The number of carbonyl (C=O) groups excluding carboxylic acids is 1. The number of furan rings is 1. The molecule has 0 atom stereocenters. The number of fused-ring (bicyclic) bond motifs is 1. The van der Waals surface area contributed by atoms with Crippen molar-refractivity contribution in [2.75, 3.05) is 5.32 Å². The number of oxazole rings is 1. The van der Waals surface area contributed by atoms with Gasteiger partial charge in [0.05, 0.1) is 0 Å². The molecule has 0 spiro atoms. The van der Waals surface area contributed by atoms with Crippen LogP contribution in [0.2, 0.25) is 0 Å². The summed E-state index contributed by atoms with van der Waals surface area (Å²) in [6.07, 6.45) is 0. The van der Waals surface area contributed by atoms with Crippen LogP contribution in [0.5, 0.6) is 0 Å². The summed E-state index contributed by atoms with van der Waals surface area (Å²) in [5.41, 5.74) is 4.10. The van der Waals surface area contributed by atoms with Gasteiger partial charge in [-0.25, -0.2) is 4.98 Å². The molecular weight excluding hydrogens is 431 g/mol. The predicted molar refractivity (Wildman–Crippen MR) is 104 cm³/mol. The van der Waals surface area contributed by atoms with Crippen molar-refractivity contribution in [2.24, 2.45) is 0 Å². The van der Waals surface area contributed by atoms with Gasteiger partial charge in [0.15, 0.2) is 15.1 Å². The van der Waals surface area contributed by atoms with Crippen molar-refractivity contribution in [1.82, 2.24) is 4.98 Å². The molecule has 0 saturated heterocycles. The van der Waals surface area contributed by atoms with Crippen LogP contribution in [-0.4, -0.2) is 10.9 Å². The van der Waals surface area contributed by atoms with Crippen LogP contribution in [0.3, 0.4) is 0 Å². The fraction of sp³-hybridized carbons (Fsp3) is 0.0526. The molecule has 124 valence electrons. The first kappa shape index (κ1) is 15.9. The Morgan fingerprint density at radius 3 is 2.76 bits per heavy atom. The molecule has 0 aliphatic rings. The fourth-order valence-corrected chi connectivity index (χ4v) is 2.93. The quantitative estimate of drug-likeness (QED) is 0.438. The maximum atomic E-state index is 12.2. The molecule has 4 aromatic rings. The van der Waals surface area contributed by atoms with Crippen molar-refractivity contribution in [1.29, 1.82) is 0 Å². The van der Waals surface area contributed by atoms with Crippen molar-refractivity contribution in [2.45, 2.75) is 6.92 Å². The minimum absolute atomic E-state index is 0.271. The number of benzene rings is 2. The van der Waals surface area contributed by atoms with Crippen LogP contribution in [0, 0.1) is 10.7 Å². The molecule has 2 heterocycles. The molecule has 6 heteroatoms. The molecular formula is C19H13IN2O3. The number of hydrogen-bond donors (Lipinski definition) is 1. The molecule has 5 nitrogen and oxygen atoms in total. The van der Waals surface area contributed by atoms with Gasteiger partial charge in [-0.15, -0.1) is 0 Å².